The van der Waals surface area contributed by atoms with Crippen LogP contribution in [0, 0.1) is 24.2 Å². The number of aromatic nitrogens is 2. The van der Waals surface area contributed by atoms with E-state index in [0.717, 1.165) is 11.3 Å². The molecule has 0 spiro atoms. The van der Waals surface area contributed by atoms with Crippen LogP contribution in [0.2, 0.25) is 0 Å². The zero-order valence-electron chi connectivity index (χ0n) is 9.47. The predicted octanol–water partition coefficient (Wildman–Crippen LogP) is 0.601. The molecule has 16 heavy (non-hydrogen) atoms. The molecule has 1 amide bonds. The standard InChI is InChI=1S/C11H14N4O/c1-8-10(6-14(2)13-8)7-15-5-9(4-12)3-11(15)16/h6,9H,3,5,7H2,1-2H3. The molecule has 5 nitrogen and oxygen atoms in total. The van der Waals surface area contributed by atoms with E-state index < -0.39 is 0 Å². The van der Waals surface area contributed by atoms with Crippen molar-refractivity contribution in [1.82, 2.24) is 14.7 Å². The van der Waals surface area contributed by atoms with Crippen LogP contribution in [-0.4, -0.2) is 27.1 Å². The smallest absolute Gasteiger partial charge is 0.224 e. The van der Waals surface area contributed by atoms with E-state index in [9.17, 15) is 4.79 Å². The summed E-state index contributed by atoms with van der Waals surface area (Å²) in [4.78, 5) is 13.3. The minimum Gasteiger partial charge on any atom is -0.337 e. The average Bonchev–Trinajstić information content (AvgIpc) is 2.72. The van der Waals surface area contributed by atoms with Gasteiger partial charge in [-0.2, -0.15) is 10.4 Å². The molecule has 0 radical (unpaired) electrons. The summed E-state index contributed by atoms with van der Waals surface area (Å²) in [6.07, 6.45) is 2.28. The summed E-state index contributed by atoms with van der Waals surface area (Å²) in [5.41, 5.74) is 1.99. The third-order valence-electron chi connectivity index (χ3n) is 2.87. The highest BCUT2D eigenvalue weighted by molar-refractivity contribution is 5.79. The predicted molar refractivity (Wildman–Crippen MR) is 57.1 cm³/mol. The van der Waals surface area contributed by atoms with Gasteiger partial charge in [-0.1, -0.05) is 0 Å². The van der Waals surface area contributed by atoms with Crippen LogP contribution in [0.3, 0.4) is 0 Å². The van der Waals surface area contributed by atoms with E-state index in [1.165, 1.54) is 0 Å². The summed E-state index contributed by atoms with van der Waals surface area (Å²) in [5.74, 6) is -0.0840. The van der Waals surface area contributed by atoms with E-state index in [-0.39, 0.29) is 11.8 Å². The first kappa shape index (κ1) is 10.7. The average molecular weight is 218 g/mol. The third kappa shape index (κ3) is 1.91. The van der Waals surface area contributed by atoms with Gasteiger partial charge in [-0.25, -0.2) is 0 Å². The van der Waals surface area contributed by atoms with Gasteiger partial charge in [0.05, 0.1) is 17.7 Å². The zero-order valence-corrected chi connectivity index (χ0v) is 9.47. The van der Waals surface area contributed by atoms with E-state index in [4.69, 9.17) is 5.26 Å². The summed E-state index contributed by atoms with van der Waals surface area (Å²) < 4.78 is 1.74. The van der Waals surface area contributed by atoms with Gasteiger partial charge in [0.25, 0.3) is 0 Å². The van der Waals surface area contributed by atoms with Crippen molar-refractivity contribution in [1.29, 1.82) is 5.26 Å². The summed E-state index contributed by atoms with van der Waals surface area (Å²) in [5, 5.41) is 13.0. The molecule has 5 heteroatoms. The Morgan fingerprint density at radius 2 is 2.44 bits per heavy atom. The van der Waals surface area contributed by atoms with Crippen LogP contribution < -0.4 is 0 Å². The Morgan fingerprint density at radius 1 is 1.69 bits per heavy atom. The lowest BCUT2D eigenvalue weighted by Gasteiger charge is -2.14. The topological polar surface area (TPSA) is 61.9 Å². The number of aryl methyl sites for hydroxylation is 2. The van der Waals surface area contributed by atoms with Crippen molar-refractivity contribution in [3.63, 3.8) is 0 Å². The second-order valence-corrected chi connectivity index (χ2v) is 4.22. The molecular weight excluding hydrogens is 204 g/mol. The van der Waals surface area contributed by atoms with E-state index in [1.807, 2.05) is 20.2 Å². The number of hydrogen-bond donors (Lipinski definition) is 0. The minimum absolute atomic E-state index is 0.0646. The molecule has 1 unspecified atom stereocenters. The van der Waals surface area contributed by atoms with Crippen LogP contribution in [0.5, 0.6) is 0 Å². The molecular formula is C11H14N4O. The monoisotopic (exact) mass is 218 g/mol. The maximum atomic E-state index is 11.6. The molecule has 1 fully saturated rings. The van der Waals surface area contributed by atoms with Gasteiger partial charge >= 0.3 is 0 Å². The number of nitriles is 1. The fourth-order valence-corrected chi connectivity index (χ4v) is 2.02. The van der Waals surface area contributed by atoms with Gasteiger partial charge in [0, 0.05) is 38.3 Å². The lowest BCUT2D eigenvalue weighted by Crippen LogP contribution is -2.24. The Labute approximate surface area is 94.3 Å². The molecule has 1 aromatic rings. The van der Waals surface area contributed by atoms with E-state index in [2.05, 4.69) is 11.2 Å². The van der Waals surface area contributed by atoms with Crippen LogP contribution in [0.15, 0.2) is 6.20 Å². The third-order valence-corrected chi connectivity index (χ3v) is 2.87. The number of nitrogens with zero attached hydrogens (tertiary/aromatic N) is 4. The Hall–Kier alpha value is -1.83. The van der Waals surface area contributed by atoms with Crippen molar-refractivity contribution in [3.8, 4) is 6.07 Å². The lowest BCUT2D eigenvalue weighted by molar-refractivity contribution is -0.128. The number of amides is 1. The lowest BCUT2D eigenvalue weighted by atomic mass is 10.1. The van der Waals surface area contributed by atoms with Crippen molar-refractivity contribution < 1.29 is 4.79 Å². The van der Waals surface area contributed by atoms with Crippen molar-refractivity contribution in [2.24, 2.45) is 13.0 Å². The van der Waals surface area contributed by atoms with Crippen molar-refractivity contribution in [2.45, 2.75) is 19.9 Å². The first-order valence-corrected chi connectivity index (χ1v) is 5.26. The molecule has 1 aromatic heterocycles. The number of hydrogen-bond acceptors (Lipinski definition) is 3. The first-order chi connectivity index (χ1) is 7.60. The largest absolute Gasteiger partial charge is 0.337 e. The second kappa shape index (κ2) is 3.97. The van der Waals surface area contributed by atoms with Gasteiger partial charge in [-0.3, -0.25) is 9.48 Å². The molecule has 1 aliphatic rings. The molecule has 84 valence electrons. The Morgan fingerprint density at radius 3 is 2.94 bits per heavy atom. The highest BCUT2D eigenvalue weighted by Gasteiger charge is 2.29. The van der Waals surface area contributed by atoms with Gasteiger partial charge in [0.2, 0.25) is 5.91 Å². The Kier molecular flexibility index (Phi) is 2.65. The van der Waals surface area contributed by atoms with E-state index in [0.29, 0.717) is 19.5 Å². The molecule has 0 bridgehead atoms. The molecule has 2 rings (SSSR count). The quantitative estimate of drug-likeness (QED) is 0.730. The number of rotatable bonds is 2. The Balaban J connectivity index is 2.09. The van der Waals surface area contributed by atoms with Crippen LogP contribution in [0.4, 0.5) is 0 Å². The maximum absolute atomic E-state index is 11.6. The number of carbonyl (C=O) groups excluding carboxylic acids is 1. The van der Waals surface area contributed by atoms with Gasteiger partial charge in [-0.05, 0) is 6.92 Å². The molecule has 0 saturated carbocycles. The van der Waals surface area contributed by atoms with Crippen molar-refractivity contribution >= 4 is 5.91 Å². The first-order valence-electron chi connectivity index (χ1n) is 5.26. The summed E-state index contributed by atoms with van der Waals surface area (Å²) >= 11 is 0. The van der Waals surface area contributed by atoms with Gasteiger partial charge in [-0.15, -0.1) is 0 Å². The number of likely N-dealkylation sites (tertiary alicyclic amines) is 1. The normalized spacial score (nSPS) is 20.2. The molecule has 0 aliphatic carbocycles. The highest BCUT2D eigenvalue weighted by Crippen LogP contribution is 2.20. The maximum Gasteiger partial charge on any atom is 0.224 e. The fourth-order valence-electron chi connectivity index (χ4n) is 2.02. The molecule has 1 aliphatic heterocycles. The highest BCUT2D eigenvalue weighted by atomic mass is 16.2. The molecule has 1 saturated heterocycles. The molecule has 1 atom stereocenters. The number of carbonyl (C=O) groups is 1. The SMILES string of the molecule is Cc1nn(C)cc1CN1CC(C#N)CC1=O. The van der Waals surface area contributed by atoms with Crippen LogP contribution >= 0.6 is 0 Å². The second-order valence-electron chi connectivity index (χ2n) is 4.22. The summed E-state index contributed by atoms with van der Waals surface area (Å²) in [6, 6.07) is 2.15. The van der Waals surface area contributed by atoms with Crippen molar-refractivity contribution in [3.05, 3.63) is 17.5 Å². The molecule has 0 aromatic carbocycles. The fraction of sp³-hybridized carbons (Fsp3) is 0.545. The van der Waals surface area contributed by atoms with Gasteiger partial charge in [0.1, 0.15) is 0 Å². The minimum atomic E-state index is -0.149. The zero-order chi connectivity index (χ0) is 11.7. The molecule has 0 N–H and O–H groups in total. The van der Waals surface area contributed by atoms with Gasteiger partial charge in [0.15, 0.2) is 0 Å². The van der Waals surface area contributed by atoms with Crippen LogP contribution in [0.1, 0.15) is 17.7 Å². The Bertz CT molecular complexity index is 457. The van der Waals surface area contributed by atoms with Crippen LogP contribution in [0.25, 0.3) is 0 Å². The van der Waals surface area contributed by atoms with E-state index in [1.54, 1.807) is 9.58 Å². The molecule has 2 heterocycles. The van der Waals surface area contributed by atoms with Gasteiger partial charge < -0.3 is 4.90 Å². The van der Waals surface area contributed by atoms with Crippen LogP contribution in [-0.2, 0) is 18.4 Å². The van der Waals surface area contributed by atoms with Crippen molar-refractivity contribution in [2.75, 3.05) is 6.54 Å². The van der Waals surface area contributed by atoms with E-state index >= 15 is 0 Å². The summed E-state index contributed by atoms with van der Waals surface area (Å²) in [7, 11) is 1.86. The summed E-state index contributed by atoms with van der Waals surface area (Å²) in [6.45, 7) is 3.04.